The Bertz CT molecular complexity index is 962. The molecule has 3 aromatic rings. The van der Waals surface area contributed by atoms with E-state index in [1.54, 1.807) is 23.5 Å². The molecule has 0 bridgehead atoms. The number of thiazole rings is 1. The molecule has 1 unspecified atom stereocenters. The summed E-state index contributed by atoms with van der Waals surface area (Å²) in [5.74, 6) is -0.271. The van der Waals surface area contributed by atoms with Crippen molar-refractivity contribution >= 4 is 17.2 Å². The average Bonchev–Trinajstić information content (AvgIpc) is 3.39. The lowest BCUT2D eigenvalue weighted by molar-refractivity contribution is -0.124. The summed E-state index contributed by atoms with van der Waals surface area (Å²) < 4.78 is 13.2. The van der Waals surface area contributed by atoms with Crippen LogP contribution in [0, 0.1) is 12.7 Å². The van der Waals surface area contributed by atoms with E-state index in [-0.39, 0.29) is 17.8 Å². The largest absolute Gasteiger partial charge is 0.348 e. The molecule has 1 aliphatic carbocycles. The fourth-order valence-corrected chi connectivity index (χ4v) is 4.53. The SMILES string of the molecule is Cc1nc(-c2ccccc2)sc1C(C)NC(=O)C1(c2ccc(F)cc2)CC1. The van der Waals surface area contributed by atoms with E-state index in [1.807, 2.05) is 44.2 Å². The van der Waals surface area contributed by atoms with Crippen LogP contribution in [0.2, 0.25) is 0 Å². The highest BCUT2D eigenvalue weighted by atomic mass is 32.1. The minimum atomic E-state index is -0.511. The zero-order valence-corrected chi connectivity index (χ0v) is 16.1. The van der Waals surface area contributed by atoms with Crippen LogP contribution in [-0.4, -0.2) is 10.9 Å². The number of nitrogens with zero attached hydrogens (tertiary/aromatic N) is 1. The number of nitrogens with one attached hydrogen (secondary N) is 1. The second kappa shape index (κ2) is 6.89. The summed E-state index contributed by atoms with van der Waals surface area (Å²) in [5.41, 5.74) is 2.40. The number of amides is 1. The molecule has 27 heavy (non-hydrogen) atoms. The van der Waals surface area contributed by atoms with Gasteiger partial charge in [-0.15, -0.1) is 11.3 Å². The summed E-state index contributed by atoms with van der Waals surface area (Å²) >= 11 is 1.62. The number of hydrogen-bond acceptors (Lipinski definition) is 3. The van der Waals surface area contributed by atoms with Gasteiger partial charge in [0.05, 0.1) is 22.0 Å². The Balaban J connectivity index is 1.52. The van der Waals surface area contributed by atoms with Gasteiger partial charge < -0.3 is 5.32 Å². The van der Waals surface area contributed by atoms with E-state index in [9.17, 15) is 9.18 Å². The molecule has 1 amide bonds. The Morgan fingerprint density at radius 1 is 1.15 bits per heavy atom. The molecule has 0 spiro atoms. The zero-order chi connectivity index (χ0) is 19.0. The summed E-state index contributed by atoms with van der Waals surface area (Å²) in [4.78, 5) is 18.7. The maximum absolute atomic E-state index is 13.2. The van der Waals surface area contributed by atoms with Crippen molar-refractivity contribution in [2.24, 2.45) is 0 Å². The highest BCUT2D eigenvalue weighted by Crippen LogP contribution is 2.49. The van der Waals surface area contributed by atoms with E-state index in [0.717, 1.165) is 39.5 Å². The second-order valence-electron chi connectivity index (χ2n) is 7.12. The molecule has 1 fully saturated rings. The minimum absolute atomic E-state index is 0.00988. The van der Waals surface area contributed by atoms with E-state index in [1.165, 1.54) is 12.1 Å². The number of aryl methyl sites for hydroxylation is 1. The van der Waals surface area contributed by atoms with Gasteiger partial charge in [0, 0.05) is 5.56 Å². The van der Waals surface area contributed by atoms with Crippen LogP contribution in [-0.2, 0) is 10.2 Å². The molecule has 3 nitrogen and oxygen atoms in total. The molecule has 1 saturated carbocycles. The normalized spacial score (nSPS) is 16.0. The quantitative estimate of drug-likeness (QED) is 0.664. The maximum Gasteiger partial charge on any atom is 0.231 e. The van der Waals surface area contributed by atoms with E-state index < -0.39 is 5.41 Å². The molecule has 1 N–H and O–H groups in total. The average molecular weight is 380 g/mol. The number of rotatable bonds is 5. The van der Waals surface area contributed by atoms with Crippen LogP contribution in [0.3, 0.4) is 0 Å². The molecule has 5 heteroatoms. The molecule has 0 saturated heterocycles. The fraction of sp³-hybridized carbons (Fsp3) is 0.273. The van der Waals surface area contributed by atoms with Crippen molar-refractivity contribution in [2.45, 2.75) is 38.1 Å². The third-order valence-electron chi connectivity index (χ3n) is 5.18. The van der Waals surface area contributed by atoms with Crippen LogP contribution in [0.15, 0.2) is 54.6 Å². The van der Waals surface area contributed by atoms with Crippen molar-refractivity contribution in [3.8, 4) is 10.6 Å². The lowest BCUT2D eigenvalue weighted by Gasteiger charge is -2.19. The van der Waals surface area contributed by atoms with Gasteiger partial charge in [-0.2, -0.15) is 0 Å². The molecule has 0 aliphatic heterocycles. The van der Waals surface area contributed by atoms with Crippen LogP contribution in [0.1, 0.15) is 41.9 Å². The van der Waals surface area contributed by atoms with Crippen LogP contribution in [0.5, 0.6) is 0 Å². The molecule has 1 aromatic heterocycles. The van der Waals surface area contributed by atoms with Crippen molar-refractivity contribution in [3.63, 3.8) is 0 Å². The molecule has 138 valence electrons. The van der Waals surface area contributed by atoms with Crippen LogP contribution >= 0.6 is 11.3 Å². The lowest BCUT2D eigenvalue weighted by atomic mass is 9.94. The maximum atomic E-state index is 13.2. The second-order valence-corrected chi connectivity index (χ2v) is 8.15. The first-order valence-corrected chi connectivity index (χ1v) is 9.91. The topological polar surface area (TPSA) is 42.0 Å². The number of carbonyl (C=O) groups is 1. The van der Waals surface area contributed by atoms with Gasteiger partial charge in [0.1, 0.15) is 10.8 Å². The summed E-state index contributed by atoms with van der Waals surface area (Å²) in [6.07, 6.45) is 1.60. The molecule has 2 aromatic carbocycles. The number of hydrogen-bond donors (Lipinski definition) is 1. The summed E-state index contributed by atoms with van der Waals surface area (Å²) in [7, 11) is 0. The van der Waals surface area contributed by atoms with Gasteiger partial charge in [0.2, 0.25) is 5.91 Å². The summed E-state index contributed by atoms with van der Waals surface area (Å²) in [5, 5.41) is 4.12. The highest BCUT2D eigenvalue weighted by Gasteiger charge is 2.51. The Kier molecular flexibility index (Phi) is 4.56. The molecule has 0 radical (unpaired) electrons. The van der Waals surface area contributed by atoms with Gasteiger partial charge in [-0.05, 0) is 44.4 Å². The van der Waals surface area contributed by atoms with Crippen molar-refractivity contribution in [1.82, 2.24) is 10.3 Å². The highest BCUT2D eigenvalue weighted by molar-refractivity contribution is 7.15. The van der Waals surface area contributed by atoms with E-state index in [4.69, 9.17) is 0 Å². The molecular weight excluding hydrogens is 359 g/mol. The number of carbonyl (C=O) groups excluding carboxylic acids is 1. The Morgan fingerprint density at radius 3 is 2.44 bits per heavy atom. The predicted molar refractivity (Wildman–Crippen MR) is 106 cm³/mol. The number of aromatic nitrogens is 1. The standard InChI is InChI=1S/C22H21FN2OS/c1-14-19(27-20(24-14)16-6-4-3-5-7-16)15(2)25-21(26)22(12-13-22)17-8-10-18(23)11-9-17/h3-11,15H,12-13H2,1-2H3,(H,25,26). The summed E-state index contributed by atoms with van der Waals surface area (Å²) in [6, 6.07) is 16.2. The van der Waals surface area contributed by atoms with Gasteiger partial charge in [-0.25, -0.2) is 9.37 Å². The third kappa shape index (κ3) is 3.39. The van der Waals surface area contributed by atoms with Crippen molar-refractivity contribution in [3.05, 3.63) is 76.5 Å². The molecule has 1 atom stereocenters. The Hall–Kier alpha value is -2.53. The molecule has 4 rings (SSSR count). The van der Waals surface area contributed by atoms with Crippen LogP contribution in [0.25, 0.3) is 10.6 Å². The monoisotopic (exact) mass is 380 g/mol. The van der Waals surface area contributed by atoms with Gasteiger partial charge in [-0.1, -0.05) is 42.5 Å². The Labute approximate surface area is 162 Å². The first kappa shape index (κ1) is 17.9. The van der Waals surface area contributed by atoms with Crippen molar-refractivity contribution < 1.29 is 9.18 Å². The van der Waals surface area contributed by atoms with Gasteiger partial charge in [-0.3, -0.25) is 4.79 Å². The molecular formula is C22H21FN2OS. The van der Waals surface area contributed by atoms with Gasteiger partial charge in [0.25, 0.3) is 0 Å². The first-order valence-electron chi connectivity index (χ1n) is 9.09. The number of benzene rings is 2. The molecule has 1 heterocycles. The lowest BCUT2D eigenvalue weighted by Crippen LogP contribution is -2.36. The van der Waals surface area contributed by atoms with E-state index in [0.29, 0.717) is 0 Å². The molecule has 1 aliphatic rings. The van der Waals surface area contributed by atoms with Crippen LogP contribution in [0.4, 0.5) is 4.39 Å². The van der Waals surface area contributed by atoms with E-state index in [2.05, 4.69) is 10.3 Å². The predicted octanol–water partition coefficient (Wildman–Crippen LogP) is 5.17. The first-order chi connectivity index (χ1) is 13.0. The smallest absolute Gasteiger partial charge is 0.231 e. The minimum Gasteiger partial charge on any atom is -0.348 e. The fourth-order valence-electron chi connectivity index (χ4n) is 3.46. The van der Waals surface area contributed by atoms with Crippen LogP contribution < -0.4 is 5.32 Å². The number of halogens is 1. The van der Waals surface area contributed by atoms with E-state index >= 15 is 0 Å². The van der Waals surface area contributed by atoms with Gasteiger partial charge >= 0.3 is 0 Å². The van der Waals surface area contributed by atoms with Crippen molar-refractivity contribution in [1.29, 1.82) is 0 Å². The summed E-state index contributed by atoms with van der Waals surface area (Å²) in [6.45, 7) is 3.97. The zero-order valence-electron chi connectivity index (χ0n) is 15.3. The van der Waals surface area contributed by atoms with Crippen molar-refractivity contribution in [2.75, 3.05) is 0 Å². The Morgan fingerprint density at radius 2 is 1.81 bits per heavy atom. The third-order valence-corrected chi connectivity index (χ3v) is 6.56. The van der Waals surface area contributed by atoms with Gasteiger partial charge in [0.15, 0.2) is 0 Å².